The number of nitrogens with one attached hydrogen (secondary N) is 1. The van der Waals surface area contributed by atoms with E-state index < -0.39 is 0 Å². The van der Waals surface area contributed by atoms with Crippen LogP contribution in [0.1, 0.15) is 36.7 Å². The maximum Gasteiger partial charge on any atom is 0.341 e. The minimum atomic E-state index is -0.346. The minimum Gasteiger partial charge on any atom is -0.462 e. The van der Waals surface area contributed by atoms with Gasteiger partial charge in [-0.3, -0.25) is 4.98 Å². The molecule has 0 aliphatic carbocycles. The molecule has 21 heavy (non-hydrogen) atoms. The predicted octanol–water partition coefficient (Wildman–Crippen LogP) is 4.17. The van der Waals surface area contributed by atoms with Crippen molar-refractivity contribution in [3.05, 3.63) is 33.9 Å². The molecule has 0 spiro atoms. The SMILES string of the molecule is CCNc1c(C(=O)OCC)cnc2c(CC)cc(Br)cc12. The van der Waals surface area contributed by atoms with Crippen LogP contribution in [0.2, 0.25) is 0 Å². The van der Waals surface area contributed by atoms with E-state index in [0.717, 1.165) is 39.6 Å². The van der Waals surface area contributed by atoms with Crippen LogP contribution in [0.3, 0.4) is 0 Å². The number of ether oxygens (including phenoxy) is 1. The molecule has 2 rings (SSSR count). The van der Waals surface area contributed by atoms with Gasteiger partial charge in [-0.05, 0) is 38.0 Å². The van der Waals surface area contributed by atoms with Crippen LogP contribution in [-0.4, -0.2) is 24.1 Å². The standard InChI is InChI=1S/C16H19BrN2O2/c1-4-10-7-11(17)8-12-14(10)19-9-13(15(12)18-5-2)16(20)21-6-3/h7-9H,4-6H2,1-3H3,(H,18,19). The van der Waals surface area contributed by atoms with Gasteiger partial charge in [-0.1, -0.05) is 22.9 Å². The van der Waals surface area contributed by atoms with E-state index in [1.165, 1.54) is 0 Å². The van der Waals surface area contributed by atoms with Crippen molar-refractivity contribution < 1.29 is 9.53 Å². The topological polar surface area (TPSA) is 51.2 Å². The van der Waals surface area contributed by atoms with Gasteiger partial charge in [0.05, 0.1) is 17.8 Å². The van der Waals surface area contributed by atoms with Crippen LogP contribution >= 0.6 is 15.9 Å². The number of pyridine rings is 1. The molecule has 0 aliphatic rings. The van der Waals surface area contributed by atoms with Crippen molar-refractivity contribution in [1.29, 1.82) is 0 Å². The molecular weight excluding hydrogens is 332 g/mol. The van der Waals surface area contributed by atoms with Crippen molar-refractivity contribution in [1.82, 2.24) is 4.98 Å². The number of fused-ring (bicyclic) bond motifs is 1. The molecule has 0 saturated carbocycles. The lowest BCUT2D eigenvalue weighted by molar-refractivity contribution is 0.0527. The number of anilines is 1. The minimum absolute atomic E-state index is 0.346. The number of esters is 1. The van der Waals surface area contributed by atoms with E-state index in [-0.39, 0.29) is 5.97 Å². The van der Waals surface area contributed by atoms with E-state index in [9.17, 15) is 4.79 Å². The second-order valence-corrected chi connectivity index (χ2v) is 5.53. The van der Waals surface area contributed by atoms with Crippen molar-refractivity contribution in [3.8, 4) is 0 Å². The summed E-state index contributed by atoms with van der Waals surface area (Å²) in [7, 11) is 0. The summed E-state index contributed by atoms with van der Waals surface area (Å²) in [5.74, 6) is -0.346. The van der Waals surface area contributed by atoms with Crippen LogP contribution in [0.15, 0.2) is 22.8 Å². The van der Waals surface area contributed by atoms with Crippen molar-refractivity contribution in [2.24, 2.45) is 0 Å². The lowest BCUT2D eigenvalue weighted by atomic mass is 10.0. The van der Waals surface area contributed by atoms with E-state index in [1.807, 2.05) is 13.0 Å². The number of nitrogens with zero attached hydrogens (tertiary/aromatic N) is 1. The molecule has 0 atom stereocenters. The third-order valence-electron chi connectivity index (χ3n) is 3.24. The molecule has 2 aromatic rings. The van der Waals surface area contributed by atoms with Gasteiger partial charge in [-0.15, -0.1) is 0 Å². The number of aryl methyl sites for hydroxylation is 1. The lowest BCUT2D eigenvalue weighted by Crippen LogP contribution is -2.11. The number of benzene rings is 1. The van der Waals surface area contributed by atoms with Gasteiger partial charge in [-0.25, -0.2) is 4.79 Å². The Hall–Kier alpha value is -1.62. The van der Waals surface area contributed by atoms with Gasteiger partial charge in [0.25, 0.3) is 0 Å². The monoisotopic (exact) mass is 350 g/mol. The van der Waals surface area contributed by atoms with E-state index in [1.54, 1.807) is 13.1 Å². The Kier molecular flexibility index (Phi) is 5.17. The molecule has 0 fully saturated rings. The number of carbonyl (C=O) groups excluding carboxylic acids is 1. The van der Waals surface area contributed by atoms with Gasteiger partial charge < -0.3 is 10.1 Å². The number of hydrogen-bond donors (Lipinski definition) is 1. The van der Waals surface area contributed by atoms with Crippen LogP contribution in [0.4, 0.5) is 5.69 Å². The number of halogens is 1. The van der Waals surface area contributed by atoms with Gasteiger partial charge in [0, 0.05) is 22.6 Å². The van der Waals surface area contributed by atoms with Crippen molar-refractivity contribution >= 4 is 38.5 Å². The molecule has 0 unspecified atom stereocenters. The average molecular weight is 351 g/mol. The zero-order valence-electron chi connectivity index (χ0n) is 12.5. The van der Waals surface area contributed by atoms with Gasteiger partial charge in [0.15, 0.2) is 0 Å². The quantitative estimate of drug-likeness (QED) is 0.822. The lowest BCUT2D eigenvalue weighted by Gasteiger charge is -2.14. The summed E-state index contributed by atoms with van der Waals surface area (Å²) >= 11 is 3.53. The zero-order valence-corrected chi connectivity index (χ0v) is 14.1. The fourth-order valence-corrected chi connectivity index (χ4v) is 2.84. The highest BCUT2D eigenvalue weighted by atomic mass is 79.9. The molecule has 4 nitrogen and oxygen atoms in total. The summed E-state index contributed by atoms with van der Waals surface area (Å²) in [6.07, 6.45) is 2.48. The fourth-order valence-electron chi connectivity index (χ4n) is 2.34. The highest BCUT2D eigenvalue weighted by Crippen LogP contribution is 2.31. The smallest absolute Gasteiger partial charge is 0.341 e. The molecule has 0 saturated heterocycles. The summed E-state index contributed by atoms with van der Waals surface area (Å²) in [6.45, 7) is 6.96. The van der Waals surface area contributed by atoms with Crippen LogP contribution in [0.5, 0.6) is 0 Å². The molecule has 5 heteroatoms. The number of carbonyl (C=O) groups is 1. The average Bonchev–Trinajstić information content (AvgIpc) is 2.47. The van der Waals surface area contributed by atoms with Crippen LogP contribution in [0.25, 0.3) is 10.9 Å². The number of aromatic nitrogens is 1. The summed E-state index contributed by atoms with van der Waals surface area (Å²) in [6, 6.07) is 4.05. The summed E-state index contributed by atoms with van der Waals surface area (Å²) in [5, 5.41) is 4.21. The normalized spacial score (nSPS) is 10.7. The fraction of sp³-hybridized carbons (Fsp3) is 0.375. The Balaban J connectivity index is 2.72. The second kappa shape index (κ2) is 6.89. The van der Waals surface area contributed by atoms with Gasteiger partial charge in [-0.2, -0.15) is 0 Å². The summed E-state index contributed by atoms with van der Waals surface area (Å²) < 4.78 is 6.10. The highest BCUT2D eigenvalue weighted by Gasteiger charge is 2.17. The molecule has 1 N–H and O–H groups in total. The van der Waals surface area contributed by atoms with Crippen LogP contribution in [0, 0.1) is 0 Å². The Morgan fingerprint density at radius 2 is 2.10 bits per heavy atom. The Morgan fingerprint density at radius 1 is 1.33 bits per heavy atom. The van der Waals surface area contributed by atoms with Crippen molar-refractivity contribution in [2.75, 3.05) is 18.5 Å². The molecule has 0 bridgehead atoms. The van der Waals surface area contributed by atoms with Crippen molar-refractivity contribution in [2.45, 2.75) is 27.2 Å². The molecule has 112 valence electrons. The summed E-state index contributed by atoms with van der Waals surface area (Å²) in [4.78, 5) is 16.6. The summed E-state index contributed by atoms with van der Waals surface area (Å²) in [5.41, 5.74) is 3.34. The Bertz CT molecular complexity index is 671. The third-order valence-corrected chi connectivity index (χ3v) is 3.70. The maximum absolute atomic E-state index is 12.1. The third kappa shape index (κ3) is 3.18. The number of hydrogen-bond acceptors (Lipinski definition) is 4. The van der Waals surface area contributed by atoms with E-state index in [4.69, 9.17) is 4.74 Å². The molecule has 1 aromatic heterocycles. The Morgan fingerprint density at radius 3 is 2.71 bits per heavy atom. The van der Waals surface area contributed by atoms with Gasteiger partial charge >= 0.3 is 5.97 Å². The van der Waals surface area contributed by atoms with E-state index in [0.29, 0.717) is 12.2 Å². The first-order chi connectivity index (χ1) is 10.1. The Labute approximate surface area is 133 Å². The largest absolute Gasteiger partial charge is 0.462 e. The zero-order chi connectivity index (χ0) is 15.4. The molecule has 1 heterocycles. The molecule has 1 aromatic carbocycles. The molecule has 0 radical (unpaired) electrons. The van der Waals surface area contributed by atoms with Crippen molar-refractivity contribution in [3.63, 3.8) is 0 Å². The van der Waals surface area contributed by atoms with Crippen LogP contribution in [-0.2, 0) is 11.2 Å². The first-order valence-corrected chi connectivity index (χ1v) is 7.93. The predicted molar refractivity (Wildman–Crippen MR) is 88.9 cm³/mol. The second-order valence-electron chi connectivity index (χ2n) is 4.61. The molecular formula is C16H19BrN2O2. The molecule has 0 aliphatic heterocycles. The maximum atomic E-state index is 12.1. The van der Waals surface area contributed by atoms with Crippen LogP contribution < -0.4 is 5.32 Å². The molecule has 0 amide bonds. The van der Waals surface area contributed by atoms with E-state index >= 15 is 0 Å². The van der Waals surface area contributed by atoms with Gasteiger partial charge in [0.1, 0.15) is 5.56 Å². The first-order valence-electron chi connectivity index (χ1n) is 7.14. The number of rotatable bonds is 5. The van der Waals surface area contributed by atoms with Gasteiger partial charge in [0.2, 0.25) is 0 Å². The van der Waals surface area contributed by atoms with E-state index in [2.05, 4.69) is 39.2 Å². The first kappa shape index (κ1) is 15.8. The highest BCUT2D eigenvalue weighted by molar-refractivity contribution is 9.10.